The zero-order chi connectivity index (χ0) is 24.8. The van der Waals surface area contributed by atoms with Crippen molar-refractivity contribution in [3.05, 3.63) is 68.8 Å². The number of ketones is 1. The van der Waals surface area contributed by atoms with Crippen molar-refractivity contribution >= 4 is 44.2 Å². The van der Waals surface area contributed by atoms with Crippen LogP contribution in [0.25, 0.3) is 10.9 Å². The molecule has 0 fully saturated rings. The fourth-order valence-electron chi connectivity index (χ4n) is 3.86. The normalized spacial score (nSPS) is 10.3. The van der Waals surface area contributed by atoms with E-state index in [1.54, 1.807) is 6.92 Å². The molecule has 0 radical (unpaired) electrons. The molecule has 0 aliphatic rings. The van der Waals surface area contributed by atoms with E-state index in [0.717, 1.165) is 51.2 Å². The van der Waals surface area contributed by atoms with Crippen LogP contribution in [0.4, 0.5) is 0 Å². The van der Waals surface area contributed by atoms with Gasteiger partial charge in [-0.05, 0) is 86.4 Å². The number of para-hydroxylation sites is 1. The standard InChI is InChI=1S/C15H19BrN2O.C11H15Cl.C2H6/c1-10-14(11(2)19)12-6-4-7-13(16)15(12)18(10)9-5-8-17-3;1-2-3-4-5-10-6-8-11(12)9-7-10;1-2/h4,6-7,17H,5,8-9H2,1-3H3;6-9H,2-5H2,1H3;1-2H3. The molecule has 2 aromatic carbocycles. The predicted molar refractivity (Wildman–Crippen MR) is 149 cm³/mol. The number of nitrogens with one attached hydrogen (secondary N) is 1. The van der Waals surface area contributed by atoms with Gasteiger partial charge in [-0.3, -0.25) is 4.79 Å². The second-order valence-electron chi connectivity index (χ2n) is 7.84. The second kappa shape index (κ2) is 16.1. The minimum absolute atomic E-state index is 0.132. The number of hydrogen-bond donors (Lipinski definition) is 1. The fourth-order valence-corrected chi connectivity index (χ4v) is 4.56. The molecule has 1 heterocycles. The number of Topliss-reactive ketones (excluding diaryl/α,β-unsaturated/α-hetero) is 1. The van der Waals surface area contributed by atoms with E-state index < -0.39 is 0 Å². The van der Waals surface area contributed by atoms with Gasteiger partial charge in [0.15, 0.2) is 5.78 Å². The van der Waals surface area contributed by atoms with Crippen molar-refractivity contribution in [2.24, 2.45) is 0 Å². The first-order valence-corrected chi connectivity index (χ1v) is 13.2. The van der Waals surface area contributed by atoms with Gasteiger partial charge in [-0.2, -0.15) is 0 Å². The Hall–Kier alpha value is -1.62. The fraction of sp³-hybridized carbons (Fsp3) is 0.464. The largest absolute Gasteiger partial charge is 0.343 e. The van der Waals surface area contributed by atoms with E-state index in [0.29, 0.717) is 0 Å². The Labute approximate surface area is 214 Å². The Morgan fingerprint density at radius 2 is 1.73 bits per heavy atom. The van der Waals surface area contributed by atoms with Crippen molar-refractivity contribution < 1.29 is 4.79 Å². The third-order valence-electron chi connectivity index (χ3n) is 5.44. The summed E-state index contributed by atoms with van der Waals surface area (Å²) in [6.45, 7) is 11.8. The summed E-state index contributed by atoms with van der Waals surface area (Å²) in [4.78, 5) is 11.9. The van der Waals surface area contributed by atoms with Gasteiger partial charge in [0, 0.05) is 32.7 Å². The van der Waals surface area contributed by atoms with Gasteiger partial charge in [-0.25, -0.2) is 0 Å². The molecule has 0 aliphatic heterocycles. The van der Waals surface area contributed by atoms with Crippen LogP contribution in [-0.2, 0) is 13.0 Å². The molecule has 33 heavy (non-hydrogen) atoms. The summed E-state index contributed by atoms with van der Waals surface area (Å²) in [5.41, 5.74) is 4.43. The minimum Gasteiger partial charge on any atom is -0.343 e. The van der Waals surface area contributed by atoms with Crippen LogP contribution in [0.1, 0.15) is 75.0 Å². The SMILES string of the molecule is CC.CCCCCc1ccc(Cl)cc1.CNCCCn1c(C)c(C(C)=O)c2cccc(Br)c21. The molecule has 3 aromatic rings. The third kappa shape index (κ3) is 8.92. The topological polar surface area (TPSA) is 34.0 Å². The van der Waals surface area contributed by atoms with Crippen molar-refractivity contribution in [2.45, 2.75) is 73.3 Å². The van der Waals surface area contributed by atoms with E-state index in [4.69, 9.17) is 11.6 Å². The first kappa shape index (κ1) is 29.4. The lowest BCUT2D eigenvalue weighted by atomic mass is 10.1. The summed E-state index contributed by atoms with van der Waals surface area (Å²) in [7, 11) is 1.96. The average Bonchev–Trinajstić information content (AvgIpc) is 3.10. The maximum atomic E-state index is 11.9. The Bertz CT molecular complexity index is 980. The molecule has 1 N–H and O–H groups in total. The average molecular weight is 536 g/mol. The number of aromatic nitrogens is 1. The third-order valence-corrected chi connectivity index (χ3v) is 6.33. The molecule has 0 amide bonds. The maximum absolute atomic E-state index is 11.9. The van der Waals surface area contributed by atoms with Crippen molar-refractivity contribution in [1.82, 2.24) is 9.88 Å². The Balaban J connectivity index is 0.000000335. The summed E-state index contributed by atoms with van der Waals surface area (Å²) in [5, 5.41) is 5.03. The molecule has 5 heteroatoms. The molecule has 0 spiro atoms. The van der Waals surface area contributed by atoms with Crippen molar-refractivity contribution in [2.75, 3.05) is 13.6 Å². The number of fused-ring (bicyclic) bond motifs is 1. The molecule has 182 valence electrons. The van der Waals surface area contributed by atoms with Gasteiger partial charge < -0.3 is 9.88 Å². The van der Waals surface area contributed by atoms with E-state index in [2.05, 4.69) is 44.9 Å². The lowest BCUT2D eigenvalue weighted by molar-refractivity contribution is 0.101. The van der Waals surface area contributed by atoms with Crippen molar-refractivity contribution in [3.63, 3.8) is 0 Å². The van der Waals surface area contributed by atoms with Crippen LogP contribution >= 0.6 is 27.5 Å². The summed E-state index contributed by atoms with van der Waals surface area (Å²) in [6.07, 6.45) is 6.12. The van der Waals surface area contributed by atoms with Gasteiger partial charge in [-0.1, -0.05) is 69.5 Å². The first-order valence-electron chi connectivity index (χ1n) is 12.1. The van der Waals surface area contributed by atoms with E-state index in [9.17, 15) is 4.79 Å². The summed E-state index contributed by atoms with van der Waals surface area (Å²) in [6, 6.07) is 14.2. The van der Waals surface area contributed by atoms with Crippen LogP contribution in [0.3, 0.4) is 0 Å². The quantitative estimate of drug-likeness (QED) is 0.220. The number of carbonyl (C=O) groups is 1. The van der Waals surface area contributed by atoms with Gasteiger partial charge in [0.25, 0.3) is 0 Å². The van der Waals surface area contributed by atoms with Crippen LogP contribution in [0.2, 0.25) is 5.02 Å². The molecule has 0 bridgehead atoms. The minimum atomic E-state index is 0.132. The molecule has 0 saturated carbocycles. The first-order chi connectivity index (χ1) is 15.9. The highest BCUT2D eigenvalue weighted by Crippen LogP contribution is 2.32. The Morgan fingerprint density at radius 3 is 2.30 bits per heavy atom. The number of aryl methyl sites for hydroxylation is 2. The zero-order valence-corrected chi connectivity index (χ0v) is 23.4. The molecule has 0 unspecified atom stereocenters. The van der Waals surface area contributed by atoms with Crippen molar-refractivity contribution in [1.29, 1.82) is 0 Å². The van der Waals surface area contributed by atoms with Gasteiger partial charge in [-0.15, -0.1) is 0 Å². The number of carbonyl (C=O) groups excluding carboxylic acids is 1. The van der Waals surface area contributed by atoms with Crippen LogP contribution in [0.5, 0.6) is 0 Å². The molecule has 3 nitrogen and oxygen atoms in total. The Morgan fingerprint density at radius 1 is 1.06 bits per heavy atom. The number of rotatable bonds is 9. The summed E-state index contributed by atoms with van der Waals surface area (Å²) in [5.74, 6) is 0.132. The maximum Gasteiger partial charge on any atom is 0.162 e. The van der Waals surface area contributed by atoms with Crippen molar-refractivity contribution in [3.8, 4) is 0 Å². The summed E-state index contributed by atoms with van der Waals surface area (Å²) >= 11 is 9.38. The van der Waals surface area contributed by atoms with Gasteiger partial charge in [0.2, 0.25) is 0 Å². The lowest BCUT2D eigenvalue weighted by Gasteiger charge is -2.09. The highest BCUT2D eigenvalue weighted by Gasteiger charge is 2.18. The van der Waals surface area contributed by atoms with Crippen LogP contribution in [-0.4, -0.2) is 23.9 Å². The van der Waals surface area contributed by atoms with Gasteiger partial charge >= 0.3 is 0 Å². The van der Waals surface area contributed by atoms with E-state index in [1.165, 1.54) is 31.2 Å². The number of nitrogens with zero attached hydrogens (tertiary/aromatic N) is 1. The van der Waals surface area contributed by atoms with E-state index in [-0.39, 0.29) is 5.78 Å². The molecular weight excluding hydrogens is 496 g/mol. The van der Waals surface area contributed by atoms with E-state index in [1.807, 2.05) is 58.2 Å². The predicted octanol–water partition coefficient (Wildman–Crippen LogP) is 8.62. The number of halogens is 2. The second-order valence-corrected chi connectivity index (χ2v) is 9.14. The van der Waals surface area contributed by atoms with Gasteiger partial charge in [0.05, 0.1) is 5.52 Å². The van der Waals surface area contributed by atoms with E-state index >= 15 is 0 Å². The molecule has 0 atom stereocenters. The summed E-state index contributed by atoms with van der Waals surface area (Å²) < 4.78 is 3.29. The molecule has 0 aliphatic carbocycles. The smallest absolute Gasteiger partial charge is 0.162 e. The molecule has 0 saturated heterocycles. The molecule has 1 aromatic heterocycles. The molecular formula is C28H40BrClN2O. The molecule has 3 rings (SSSR count). The number of hydrogen-bond acceptors (Lipinski definition) is 2. The number of benzene rings is 2. The van der Waals surface area contributed by atoms with Crippen LogP contribution in [0, 0.1) is 6.92 Å². The highest BCUT2D eigenvalue weighted by molar-refractivity contribution is 9.10. The number of unbranched alkanes of at least 4 members (excludes halogenated alkanes) is 2. The lowest BCUT2D eigenvalue weighted by Crippen LogP contribution is -2.12. The highest BCUT2D eigenvalue weighted by atomic mass is 79.9. The monoisotopic (exact) mass is 534 g/mol. The van der Waals surface area contributed by atoms with Gasteiger partial charge in [0.1, 0.15) is 0 Å². The Kier molecular flexibility index (Phi) is 14.3. The van der Waals surface area contributed by atoms with Crippen LogP contribution < -0.4 is 5.32 Å². The van der Waals surface area contributed by atoms with Crippen LogP contribution in [0.15, 0.2) is 46.9 Å². The zero-order valence-electron chi connectivity index (χ0n) is 21.1.